The number of rotatable bonds is 2. The highest BCUT2D eigenvalue weighted by Crippen LogP contribution is 2.17. The first-order valence-corrected chi connectivity index (χ1v) is 6.19. The van der Waals surface area contributed by atoms with Gasteiger partial charge in [-0.25, -0.2) is 0 Å². The summed E-state index contributed by atoms with van der Waals surface area (Å²) in [4.78, 5) is 2.28. The quantitative estimate of drug-likeness (QED) is 0.853. The van der Waals surface area contributed by atoms with Crippen LogP contribution < -0.4 is 10.2 Å². The summed E-state index contributed by atoms with van der Waals surface area (Å²) in [5.41, 5.74) is 1.81. The third kappa shape index (κ3) is 3.00. The van der Waals surface area contributed by atoms with E-state index in [0.717, 1.165) is 31.7 Å². The predicted octanol–water partition coefficient (Wildman–Crippen LogP) is 1.64. The highest BCUT2D eigenvalue weighted by Gasteiger charge is 2.17. The summed E-state index contributed by atoms with van der Waals surface area (Å²) < 4.78 is 0. The van der Waals surface area contributed by atoms with Crippen LogP contribution in [0.15, 0.2) is 24.3 Å². The van der Waals surface area contributed by atoms with Crippen molar-refractivity contribution < 1.29 is 0 Å². The summed E-state index contributed by atoms with van der Waals surface area (Å²) in [6.07, 6.45) is 1.61. The molecule has 1 fully saturated rings. The normalized spacial score (nSPS) is 19.7. The number of benzene rings is 1. The van der Waals surface area contributed by atoms with Crippen molar-refractivity contribution in [1.82, 2.24) is 5.32 Å². The van der Waals surface area contributed by atoms with Crippen molar-refractivity contribution in [3.05, 3.63) is 29.8 Å². The summed E-state index contributed by atoms with van der Waals surface area (Å²) in [6.45, 7) is 2.79. The molecule has 1 aliphatic heterocycles. The maximum Gasteiger partial charge on any atom is 0.0991 e. The number of nitrogens with one attached hydrogen (secondary N) is 1. The topological polar surface area (TPSA) is 62.9 Å². The lowest BCUT2D eigenvalue weighted by Crippen LogP contribution is -2.37. The lowest BCUT2D eigenvalue weighted by atomic mass is 10.1. The molecule has 0 aromatic heterocycles. The zero-order chi connectivity index (χ0) is 12.8. The molecule has 0 amide bonds. The molecule has 1 N–H and O–H groups in total. The van der Waals surface area contributed by atoms with Gasteiger partial charge >= 0.3 is 0 Å². The van der Waals surface area contributed by atoms with Crippen molar-refractivity contribution in [3.63, 3.8) is 0 Å². The number of hydrogen-bond donors (Lipinski definition) is 1. The summed E-state index contributed by atoms with van der Waals surface area (Å²) in [7, 11) is 0. The first kappa shape index (κ1) is 12.4. The molecule has 1 aromatic rings. The van der Waals surface area contributed by atoms with Gasteiger partial charge < -0.3 is 10.2 Å². The number of nitrogens with zero attached hydrogens (tertiary/aromatic N) is 3. The van der Waals surface area contributed by atoms with Gasteiger partial charge in [0.05, 0.1) is 24.1 Å². The van der Waals surface area contributed by atoms with Gasteiger partial charge in [0.1, 0.15) is 0 Å². The first-order chi connectivity index (χ1) is 8.83. The van der Waals surface area contributed by atoms with E-state index in [2.05, 4.69) is 22.4 Å². The van der Waals surface area contributed by atoms with Crippen LogP contribution >= 0.6 is 0 Å². The summed E-state index contributed by atoms with van der Waals surface area (Å²) in [6, 6.07) is 12.2. The van der Waals surface area contributed by atoms with Crippen LogP contribution in [0.3, 0.4) is 0 Å². The fraction of sp³-hybridized carbons (Fsp3) is 0.429. The van der Waals surface area contributed by atoms with Crippen LogP contribution in [0.5, 0.6) is 0 Å². The maximum atomic E-state index is 8.79. The Morgan fingerprint density at radius 3 is 2.72 bits per heavy atom. The zero-order valence-corrected chi connectivity index (χ0v) is 10.3. The van der Waals surface area contributed by atoms with Gasteiger partial charge in [-0.3, -0.25) is 0 Å². The molecule has 1 saturated heterocycles. The SMILES string of the molecule is N#CCC1CN(c2ccc(C#N)cc2)CCCN1. The van der Waals surface area contributed by atoms with Gasteiger partial charge in [0.25, 0.3) is 0 Å². The molecule has 0 radical (unpaired) electrons. The van der Waals surface area contributed by atoms with Crippen LogP contribution in [0.25, 0.3) is 0 Å². The minimum Gasteiger partial charge on any atom is -0.370 e. The second-order valence-corrected chi connectivity index (χ2v) is 4.47. The number of anilines is 1. The van der Waals surface area contributed by atoms with E-state index in [9.17, 15) is 0 Å². The maximum absolute atomic E-state index is 8.79. The van der Waals surface area contributed by atoms with Crippen LogP contribution in [0.2, 0.25) is 0 Å². The van der Waals surface area contributed by atoms with Crippen molar-refractivity contribution in [3.8, 4) is 12.1 Å². The zero-order valence-electron chi connectivity index (χ0n) is 10.3. The van der Waals surface area contributed by atoms with E-state index in [1.165, 1.54) is 0 Å². The standard InChI is InChI=1S/C14H16N4/c15-7-6-13-11-18(9-1-8-17-13)14-4-2-12(10-16)3-5-14/h2-5,13,17H,1,6,8-9,11H2. The van der Waals surface area contributed by atoms with E-state index in [1.54, 1.807) is 0 Å². The second kappa shape index (κ2) is 6.05. The number of hydrogen-bond acceptors (Lipinski definition) is 4. The molecule has 4 heteroatoms. The van der Waals surface area contributed by atoms with Crippen molar-refractivity contribution in [2.45, 2.75) is 18.9 Å². The van der Waals surface area contributed by atoms with E-state index in [-0.39, 0.29) is 6.04 Å². The van der Waals surface area contributed by atoms with Crippen LogP contribution in [0.4, 0.5) is 5.69 Å². The summed E-state index contributed by atoms with van der Waals surface area (Å²) >= 11 is 0. The molecule has 0 bridgehead atoms. The van der Waals surface area contributed by atoms with E-state index in [0.29, 0.717) is 12.0 Å². The highest BCUT2D eigenvalue weighted by atomic mass is 15.2. The van der Waals surface area contributed by atoms with E-state index >= 15 is 0 Å². The third-order valence-corrected chi connectivity index (χ3v) is 3.18. The van der Waals surface area contributed by atoms with Crippen molar-refractivity contribution in [1.29, 1.82) is 10.5 Å². The first-order valence-electron chi connectivity index (χ1n) is 6.19. The lowest BCUT2D eigenvalue weighted by Gasteiger charge is -2.25. The lowest BCUT2D eigenvalue weighted by molar-refractivity contribution is 0.552. The van der Waals surface area contributed by atoms with Crippen molar-refractivity contribution in [2.24, 2.45) is 0 Å². The molecule has 1 unspecified atom stereocenters. The molecule has 1 atom stereocenters. The Bertz CT molecular complexity index is 466. The Hall–Kier alpha value is -2.04. The number of nitriles is 2. The van der Waals surface area contributed by atoms with Gasteiger partial charge in [0, 0.05) is 24.8 Å². The molecule has 1 aromatic carbocycles. The second-order valence-electron chi connectivity index (χ2n) is 4.47. The van der Waals surface area contributed by atoms with Gasteiger partial charge in [0.15, 0.2) is 0 Å². The van der Waals surface area contributed by atoms with Crippen LogP contribution in [-0.2, 0) is 0 Å². The summed E-state index contributed by atoms with van der Waals surface area (Å²) in [5.74, 6) is 0. The van der Waals surface area contributed by atoms with Crippen molar-refractivity contribution >= 4 is 5.69 Å². The largest absolute Gasteiger partial charge is 0.370 e. The molecule has 0 saturated carbocycles. The highest BCUT2D eigenvalue weighted by molar-refractivity contribution is 5.50. The molecule has 2 rings (SSSR count). The average Bonchev–Trinajstić information content (AvgIpc) is 2.65. The van der Waals surface area contributed by atoms with E-state index in [4.69, 9.17) is 10.5 Å². The van der Waals surface area contributed by atoms with Gasteiger partial charge in [-0.05, 0) is 37.2 Å². The van der Waals surface area contributed by atoms with E-state index < -0.39 is 0 Å². The van der Waals surface area contributed by atoms with E-state index in [1.807, 2.05) is 24.3 Å². The Morgan fingerprint density at radius 1 is 1.28 bits per heavy atom. The average molecular weight is 240 g/mol. The van der Waals surface area contributed by atoms with Gasteiger partial charge in [0.2, 0.25) is 0 Å². The molecule has 0 aliphatic carbocycles. The van der Waals surface area contributed by atoms with Crippen LogP contribution in [0, 0.1) is 22.7 Å². The van der Waals surface area contributed by atoms with Gasteiger partial charge in [-0.15, -0.1) is 0 Å². The Balaban J connectivity index is 2.10. The Labute approximate surface area is 107 Å². The van der Waals surface area contributed by atoms with Gasteiger partial charge in [-0.1, -0.05) is 0 Å². The molecular weight excluding hydrogens is 224 g/mol. The summed E-state index contributed by atoms with van der Waals surface area (Å²) in [5, 5.41) is 21.0. The molecule has 4 nitrogen and oxygen atoms in total. The monoisotopic (exact) mass is 240 g/mol. The minimum absolute atomic E-state index is 0.230. The van der Waals surface area contributed by atoms with Crippen LogP contribution in [-0.4, -0.2) is 25.7 Å². The molecule has 0 spiro atoms. The fourth-order valence-electron chi connectivity index (χ4n) is 2.23. The smallest absolute Gasteiger partial charge is 0.0991 e. The van der Waals surface area contributed by atoms with Crippen LogP contribution in [0.1, 0.15) is 18.4 Å². The molecule has 18 heavy (non-hydrogen) atoms. The molecule has 92 valence electrons. The molecule has 1 heterocycles. The molecule has 1 aliphatic rings. The third-order valence-electron chi connectivity index (χ3n) is 3.18. The Kier molecular flexibility index (Phi) is 4.17. The molecular formula is C14H16N4. The Morgan fingerprint density at radius 2 is 2.06 bits per heavy atom. The van der Waals surface area contributed by atoms with Crippen molar-refractivity contribution in [2.75, 3.05) is 24.5 Å². The fourth-order valence-corrected chi connectivity index (χ4v) is 2.23. The predicted molar refractivity (Wildman–Crippen MR) is 70.0 cm³/mol. The van der Waals surface area contributed by atoms with Gasteiger partial charge in [-0.2, -0.15) is 10.5 Å². The minimum atomic E-state index is 0.230.